The van der Waals surface area contributed by atoms with E-state index in [2.05, 4.69) is 15.0 Å². The van der Waals surface area contributed by atoms with Gasteiger partial charge in [-0.3, -0.25) is 9.78 Å². The fraction of sp³-hybridized carbons (Fsp3) is 0. The molecule has 0 aliphatic heterocycles. The maximum absolute atomic E-state index is 11.2. The molecule has 0 aliphatic carbocycles. The van der Waals surface area contributed by atoms with Crippen molar-refractivity contribution in [1.29, 1.82) is 0 Å². The van der Waals surface area contributed by atoms with Crippen LogP contribution in [0.1, 0.15) is 10.4 Å². The van der Waals surface area contributed by atoms with E-state index in [0.29, 0.717) is 17.5 Å². The number of rotatable bonds is 2. The van der Waals surface area contributed by atoms with Gasteiger partial charge in [0, 0.05) is 17.1 Å². The Balaban J connectivity index is 2.37. The zero-order valence-corrected chi connectivity index (χ0v) is 10.5. The summed E-state index contributed by atoms with van der Waals surface area (Å²) in [6, 6.07) is 9.44. The van der Waals surface area contributed by atoms with Crippen LogP contribution in [0.5, 0.6) is 0 Å². The van der Waals surface area contributed by atoms with Gasteiger partial charge in [-0.2, -0.15) is 0 Å². The van der Waals surface area contributed by atoms with Crippen LogP contribution in [0.4, 0.5) is 0 Å². The van der Waals surface area contributed by atoms with Gasteiger partial charge in [-0.1, -0.05) is 29.8 Å². The average Bonchev–Trinajstić information content (AvgIpc) is 2.46. The van der Waals surface area contributed by atoms with Crippen molar-refractivity contribution in [1.82, 2.24) is 15.0 Å². The number of fused-ring (bicyclic) bond motifs is 1. The third kappa shape index (κ3) is 1.96. The Hall–Kier alpha value is -2.33. The normalized spacial score (nSPS) is 10.6. The molecule has 3 rings (SSSR count). The fourth-order valence-corrected chi connectivity index (χ4v) is 2.18. The van der Waals surface area contributed by atoms with E-state index in [9.17, 15) is 4.79 Å². The third-order valence-electron chi connectivity index (χ3n) is 2.85. The first-order chi connectivity index (χ1) is 9.31. The maximum atomic E-state index is 11.2. The number of aldehydes is 1. The van der Waals surface area contributed by atoms with Crippen molar-refractivity contribution >= 4 is 28.8 Å². The van der Waals surface area contributed by atoms with Crippen LogP contribution in [0.25, 0.3) is 22.2 Å². The molecule has 0 bridgehead atoms. The van der Waals surface area contributed by atoms with Crippen molar-refractivity contribution in [2.75, 3.05) is 0 Å². The van der Waals surface area contributed by atoms with Gasteiger partial charge < -0.3 is 0 Å². The molecule has 5 heteroatoms. The highest BCUT2D eigenvalue weighted by Gasteiger charge is 2.13. The topological polar surface area (TPSA) is 55.7 Å². The summed E-state index contributed by atoms with van der Waals surface area (Å²) >= 11 is 5.93. The SMILES string of the molecule is O=Cc1c(Cl)ncnc1-c1cccc2ncccc12. The van der Waals surface area contributed by atoms with Crippen molar-refractivity contribution in [3.05, 3.63) is 53.6 Å². The van der Waals surface area contributed by atoms with Crippen LogP contribution in [0, 0.1) is 0 Å². The van der Waals surface area contributed by atoms with Gasteiger partial charge in [0.2, 0.25) is 0 Å². The minimum Gasteiger partial charge on any atom is -0.298 e. The molecular formula is C14H8ClN3O. The van der Waals surface area contributed by atoms with Crippen molar-refractivity contribution in [3.63, 3.8) is 0 Å². The second kappa shape index (κ2) is 4.74. The predicted molar refractivity (Wildman–Crippen MR) is 73.2 cm³/mol. The molecular weight excluding hydrogens is 262 g/mol. The van der Waals surface area contributed by atoms with E-state index in [0.717, 1.165) is 16.5 Å². The van der Waals surface area contributed by atoms with Gasteiger partial charge in [0.25, 0.3) is 0 Å². The van der Waals surface area contributed by atoms with Crippen molar-refractivity contribution < 1.29 is 4.79 Å². The molecule has 2 aromatic heterocycles. The fourth-order valence-electron chi connectivity index (χ4n) is 2.00. The van der Waals surface area contributed by atoms with Crippen LogP contribution in [0.3, 0.4) is 0 Å². The number of nitrogens with zero attached hydrogens (tertiary/aromatic N) is 3. The van der Waals surface area contributed by atoms with E-state index in [1.807, 2.05) is 30.3 Å². The molecule has 0 unspecified atom stereocenters. The lowest BCUT2D eigenvalue weighted by Crippen LogP contribution is -1.96. The number of aromatic nitrogens is 3. The van der Waals surface area contributed by atoms with E-state index < -0.39 is 0 Å². The number of pyridine rings is 1. The van der Waals surface area contributed by atoms with Crippen LogP contribution in [-0.4, -0.2) is 21.2 Å². The lowest BCUT2D eigenvalue weighted by atomic mass is 10.0. The summed E-state index contributed by atoms with van der Waals surface area (Å²) in [5.41, 5.74) is 2.47. The Labute approximate surface area is 114 Å². The van der Waals surface area contributed by atoms with Crippen LogP contribution in [-0.2, 0) is 0 Å². The minimum absolute atomic E-state index is 0.154. The molecule has 92 valence electrons. The zero-order valence-electron chi connectivity index (χ0n) is 9.75. The number of benzene rings is 1. The minimum atomic E-state index is 0.154. The first kappa shape index (κ1) is 11.7. The van der Waals surface area contributed by atoms with Crippen LogP contribution in [0.2, 0.25) is 5.15 Å². The Kier molecular flexibility index (Phi) is 2.93. The van der Waals surface area contributed by atoms with Gasteiger partial charge in [0.15, 0.2) is 6.29 Å². The predicted octanol–water partition coefficient (Wildman–Crippen LogP) is 3.16. The Morgan fingerprint density at radius 2 is 1.95 bits per heavy atom. The Morgan fingerprint density at radius 3 is 2.79 bits per heavy atom. The van der Waals surface area contributed by atoms with E-state index in [-0.39, 0.29) is 5.15 Å². The number of carbonyl (C=O) groups is 1. The number of hydrogen-bond donors (Lipinski definition) is 0. The van der Waals surface area contributed by atoms with Gasteiger partial charge in [0.05, 0.1) is 16.8 Å². The molecule has 0 saturated carbocycles. The van der Waals surface area contributed by atoms with Crippen molar-refractivity contribution in [3.8, 4) is 11.3 Å². The van der Waals surface area contributed by atoms with Gasteiger partial charge in [-0.05, 0) is 12.1 Å². The largest absolute Gasteiger partial charge is 0.298 e. The van der Waals surface area contributed by atoms with Crippen molar-refractivity contribution in [2.45, 2.75) is 0 Å². The van der Waals surface area contributed by atoms with E-state index in [1.54, 1.807) is 6.20 Å². The summed E-state index contributed by atoms with van der Waals surface area (Å²) < 4.78 is 0. The molecule has 0 aliphatic rings. The highest BCUT2D eigenvalue weighted by molar-refractivity contribution is 6.32. The van der Waals surface area contributed by atoms with Crippen LogP contribution >= 0.6 is 11.6 Å². The molecule has 1 aromatic carbocycles. The molecule has 0 saturated heterocycles. The van der Waals surface area contributed by atoms with Crippen molar-refractivity contribution in [2.24, 2.45) is 0 Å². The lowest BCUT2D eigenvalue weighted by Gasteiger charge is -2.07. The molecule has 3 aromatic rings. The molecule has 0 N–H and O–H groups in total. The monoisotopic (exact) mass is 269 g/mol. The van der Waals surface area contributed by atoms with E-state index in [4.69, 9.17) is 11.6 Å². The van der Waals surface area contributed by atoms with E-state index >= 15 is 0 Å². The number of hydrogen-bond acceptors (Lipinski definition) is 4. The molecule has 0 atom stereocenters. The number of halogens is 1. The summed E-state index contributed by atoms with van der Waals surface area (Å²) in [5.74, 6) is 0. The third-order valence-corrected chi connectivity index (χ3v) is 3.16. The zero-order chi connectivity index (χ0) is 13.2. The lowest BCUT2D eigenvalue weighted by molar-refractivity contribution is 0.112. The summed E-state index contributed by atoms with van der Waals surface area (Å²) in [4.78, 5) is 23.5. The maximum Gasteiger partial charge on any atom is 0.155 e. The van der Waals surface area contributed by atoms with Gasteiger partial charge in [-0.25, -0.2) is 9.97 Å². The first-order valence-corrected chi connectivity index (χ1v) is 5.99. The molecule has 2 heterocycles. The number of carbonyl (C=O) groups excluding carboxylic acids is 1. The van der Waals surface area contributed by atoms with Gasteiger partial charge >= 0.3 is 0 Å². The molecule has 4 nitrogen and oxygen atoms in total. The second-order valence-electron chi connectivity index (χ2n) is 3.92. The molecule has 0 fully saturated rings. The first-order valence-electron chi connectivity index (χ1n) is 5.61. The van der Waals surface area contributed by atoms with Crippen LogP contribution in [0.15, 0.2) is 42.9 Å². The summed E-state index contributed by atoms with van der Waals surface area (Å²) in [5, 5.41) is 1.07. The second-order valence-corrected chi connectivity index (χ2v) is 4.28. The molecule has 0 amide bonds. The smallest absolute Gasteiger partial charge is 0.155 e. The summed E-state index contributed by atoms with van der Waals surface area (Å²) in [7, 11) is 0. The average molecular weight is 270 g/mol. The summed E-state index contributed by atoms with van der Waals surface area (Å²) in [6.07, 6.45) is 3.74. The van der Waals surface area contributed by atoms with Gasteiger partial charge in [0.1, 0.15) is 11.5 Å². The Morgan fingerprint density at radius 1 is 1.05 bits per heavy atom. The molecule has 0 spiro atoms. The highest BCUT2D eigenvalue weighted by Crippen LogP contribution is 2.29. The molecule has 19 heavy (non-hydrogen) atoms. The highest BCUT2D eigenvalue weighted by atomic mass is 35.5. The Bertz CT molecular complexity index is 768. The van der Waals surface area contributed by atoms with Crippen LogP contribution < -0.4 is 0 Å². The van der Waals surface area contributed by atoms with E-state index in [1.165, 1.54) is 6.33 Å². The standard InChI is InChI=1S/C14H8ClN3O/c15-14-11(7-19)13(17-8-18-14)10-3-1-5-12-9(10)4-2-6-16-12/h1-8H. The molecule has 0 radical (unpaired) electrons. The quantitative estimate of drug-likeness (QED) is 0.530. The summed E-state index contributed by atoms with van der Waals surface area (Å²) in [6.45, 7) is 0. The van der Waals surface area contributed by atoms with Gasteiger partial charge in [-0.15, -0.1) is 0 Å².